The lowest BCUT2D eigenvalue weighted by Crippen LogP contribution is -2.43. The molecule has 0 saturated carbocycles. The molecule has 2 aromatic rings. The topological polar surface area (TPSA) is 95.8 Å². The Balaban J connectivity index is 1.68. The van der Waals surface area contributed by atoms with Gasteiger partial charge in [-0.25, -0.2) is 0 Å². The molecule has 1 N–H and O–H groups in total. The van der Waals surface area contributed by atoms with E-state index in [9.17, 15) is 9.90 Å². The lowest BCUT2D eigenvalue weighted by Gasteiger charge is -2.27. The number of hydrogen-bond acceptors (Lipinski definition) is 7. The van der Waals surface area contributed by atoms with Gasteiger partial charge in [-0.15, -0.1) is 10.2 Å². The molecule has 3 heterocycles. The summed E-state index contributed by atoms with van der Waals surface area (Å²) < 4.78 is 10.8. The molecule has 24 heavy (non-hydrogen) atoms. The Morgan fingerprint density at radius 2 is 2.12 bits per heavy atom. The molecule has 2 aromatic heterocycles. The zero-order valence-electron chi connectivity index (χ0n) is 14.1. The van der Waals surface area contributed by atoms with Crippen molar-refractivity contribution in [3.63, 3.8) is 0 Å². The van der Waals surface area contributed by atoms with Crippen LogP contribution in [0.4, 0.5) is 0 Å². The van der Waals surface area contributed by atoms with Crippen LogP contribution in [-0.4, -0.2) is 62.8 Å². The summed E-state index contributed by atoms with van der Waals surface area (Å²) in [6, 6.07) is 3.24. The van der Waals surface area contributed by atoms with Crippen molar-refractivity contribution in [2.45, 2.75) is 39.5 Å². The third-order valence-corrected chi connectivity index (χ3v) is 4.28. The van der Waals surface area contributed by atoms with Crippen molar-refractivity contribution in [2.75, 3.05) is 19.6 Å². The number of carbonyl (C=O) groups is 1. The van der Waals surface area contributed by atoms with Crippen molar-refractivity contribution in [1.29, 1.82) is 0 Å². The zero-order chi connectivity index (χ0) is 17.3. The monoisotopic (exact) mass is 334 g/mol. The minimum Gasteiger partial charge on any atom is -0.456 e. The lowest BCUT2D eigenvalue weighted by atomic mass is 10.2. The van der Waals surface area contributed by atoms with E-state index in [1.165, 1.54) is 0 Å². The second-order valence-electron chi connectivity index (χ2n) is 6.03. The molecule has 0 aliphatic carbocycles. The number of aliphatic hydroxyl groups is 1. The number of furan rings is 1. The summed E-state index contributed by atoms with van der Waals surface area (Å²) in [4.78, 5) is 16.1. The summed E-state index contributed by atoms with van der Waals surface area (Å²) in [6.45, 7) is 7.39. The fraction of sp³-hybridized carbons (Fsp3) is 0.562. The van der Waals surface area contributed by atoms with Crippen LogP contribution >= 0.6 is 0 Å². The van der Waals surface area contributed by atoms with Gasteiger partial charge >= 0.3 is 0 Å². The summed E-state index contributed by atoms with van der Waals surface area (Å²) >= 11 is 0. The average molecular weight is 334 g/mol. The van der Waals surface area contributed by atoms with Gasteiger partial charge in [0.25, 0.3) is 5.91 Å². The predicted octanol–water partition coefficient (Wildman–Crippen LogP) is 0.987. The predicted molar refractivity (Wildman–Crippen MR) is 84.3 cm³/mol. The number of amides is 1. The molecule has 3 rings (SSSR count). The Hall–Kier alpha value is -2.19. The van der Waals surface area contributed by atoms with Crippen molar-refractivity contribution in [2.24, 2.45) is 0 Å². The van der Waals surface area contributed by atoms with E-state index < -0.39 is 6.10 Å². The molecule has 1 aliphatic rings. The first kappa shape index (κ1) is 16.7. The highest BCUT2D eigenvalue weighted by Gasteiger charge is 2.38. The molecule has 0 radical (unpaired) electrons. The Morgan fingerprint density at radius 3 is 2.71 bits per heavy atom. The number of carbonyl (C=O) groups excluding carboxylic acids is 1. The van der Waals surface area contributed by atoms with E-state index in [4.69, 9.17) is 8.83 Å². The normalized spacial score (nSPS) is 21.0. The fourth-order valence-corrected chi connectivity index (χ4v) is 3.04. The van der Waals surface area contributed by atoms with Crippen molar-refractivity contribution in [3.05, 3.63) is 35.4 Å². The van der Waals surface area contributed by atoms with Crippen molar-refractivity contribution in [1.82, 2.24) is 20.0 Å². The van der Waals surface area contributed by atoms with Crippen LogP contribution in [0.25, 0.3) is 0 Å². The van der Waals surface area contributed by atoms with Gasteiger partial charge in [-0.05, 0) is 25.6 Å². The summed E-state index contributed by atoms with van der Waals surface area (Å²) in [5.74, 6) is 1.81. The highest BCUT2D eigenvalue weighted by Crippen LogP contribution is 2.21. The molecule has 8 heteroatoms. The third-order valence-electron chi connectivity index (χ3n) is 4.28. The van der Waals surface area contributed by atoms with Gasteiger partial charge in [0.15, 0.2) is 5.76 Å². The highest BCUT2D eigenvalue weighted by molar-refractivity contribution is 5.91. The van der Waals surface area contributed by atoms with Gasteiger partial charge in [-0.1, -0.05) is 6.92 Å². The van der Waals surface area contributed by atoms with E-state index in [2.05, 4.69) is 10.2 Å². The van der Waals surface area contributed by atoms with Crippen molar-refractivity contribution in [3.8, 4) is 0 Å². The molecule has 8 nitrogen and oxygen atoms in total. The van der Waals surface area contributed by atoms with Crippen LogP contribution < -0.4 is 0 Å². The van der Waals surface area contributed by atoms with Gasteiger partial charge in [0.1, 0.15) is 5.76 Å². The van der Waals surface area contributed by atoms with E-state index in [-0.39, 0.29) is 18.5 Å². The maximum atomic E-state index is 12.5. The smallest absolute Gasteiger partial charge is 0.289 e. The fourth-order valence-electron chi connectivity index (χ4n) is 3.04. The highest BCUT2D eigenvalue weighted by atomic mass is 16.4. The average Bonchev–Trinajstić information content (AvgIpc) is 3.25. The van der Waals surface area contributed by atoms with Gasteiger partial charge < -0.3 is 18.8 Å². The van der Waals surface area contributed by atoms with E-state index in [0.717, 1.165) is 0 Å². The SMILES string of the molecule is CCN(Cc1nnc(C)o1)[C@@H]1CN(C(=O)c2ccc(C)o2)C[C@H]1O. The molecular formula is C16H22N4O4. The van der Waals surface area contributed by atoms with E-state index >= 15 is 0 Å². The Bertz CT molecular complexity index is 711. The van der Waals surface area contributed by atoms with Crippen molar-refractivity contribution >= 4 is 5.91 Å². The number of likely N-dealkylation sites (tertiary alicyclic amines) is 1. The second kappa shape index (κ2) is 6.74. The van der Waals surface area contributed by atoms with Crippen LogP contribution in [0.5, 0.6) is 0 Å². The Morgan fingerprint density at radius 1 is 1.33 bits per heavy atom. The van der Waals surface area contributed by atoms with Crippen LogP contribution in [0.3, 0.4) is 0 Å². The molecule has 0 aromatic carbocycles. The summed E-state index contributed by atoms with van der Waals surface area (Å²) in [5.41, 5.74) is 0. The number of aliphatic hydroxyl groups excluding tert-OH is 1. The van der Waals surface area contributed by atoms with Crippen molar-refractivity contribution < 1.29 is 18.7 Å². The lowest BCUT2D eigenvalue weighted by molar-refractivity contribution is 0.0724. The largest absolute Gasteiger partial charge is 0.456 e. The number of rotatable bonds is 5. The minimum atomic E-state index is -0.631. The number of aromatic nitrogens is 2. The van der Waals surface area contributed by atoms with E-state index in [1.807, 2.05) is 11.8 Å². The maximum absolute atomic E-state index is 12.5. The van der Waals surface area contributed by atoms with Crippen LogP contribution in [0.2, 0.25) is 0 Å². The first-order chi connectivity index (χ1) is 11.5. The molecule has 2 atom stereocenters. The number of β-amino-alcohol motifs (C(OH)–C–C–N with tert-alkyl or cyclic N) is 1. The molecule has 0 spiro atoms. The quantitative estimate of drug-likeness (QED) is 0.871. The van der Waals surface area contributed by atoms with E-state index in [1.54, 1.807) is 30.9 Å². The van der Waals surface area contributed by atoms with Gasteiger partial charge in [-0.2, -0.15) is 0 Å². The minimum absolute atomic E-state index is 0.179. The standard InChI is InChI=1S/C16H22N4O4/c1-4-19(9-15-18-17-11(3)24-15)12-7-20(8-13(12)21)16(22)14-6-5-10(2)23-14/h5-6,12-13,21H,4,7-9H2,1-3H3/t12-,13-/m1/s1. The first-order valence-electron chi connectivity index (χ1n) is 8.04. The molecule has 1 amide bonds. The van der Waals surface area contributed by atoms with Crippen LogP contribution in [0.1, 0.15) is 35.0 Å². The number of hydrogen-bond donors (Lipinski definition) is 1. The molecule has 1 aliphatic heterocycles. The molecule has 0 bridgehead atoms. The second-order valence-corrected chi connectivity index (χ2v) is 6.03. The molecule has 0 unspecified atom stereocenters. The number of likely N-dealkylation sites (N-methyl/N-ethyl adjacent to an activating group) is 1. The maximum Gasteiger partial charge on any atom is 0.289 e. The molecule has 1 fully saturated rings. The Kier molecular flexibility index (Phi) is 4.68. The summed E-state index contributed by atoms with van der Waals surface area (Å²) in [6.07, 6.45) is -0.631. The molecule has 1 saturated heterocycles. The van der Waals surface area contributed by atoms with Gasteiger partial charge in [0, 0.05) is 20.0 Å². The first-order valence-corrected chi connectivity index (χ1v) is 8.04. The summed E-state index contributed by atoms with van der Waals surface area (Å²) in [7, 11) is 0. The third kappa shape index (κ3) is 3.34. The molecular weight excluding hydrogens is 312 g/mol. The molecule has 130 valence electrons. The van der Waals surface area contributed by atoms with E-state index in [0.29, 0.717) is 42.9 Å². The Labute approximate surface area is 140 Å². The van der Waals surface area contributed by atoms with Crippen LogP contribution in [0, 0.1) is 13.8 Å². The van der Waals surface area contributed by atoms with Gasteiger partial charge in [0.2, 0.25) is 11.8 Å². The van der Waals surface area contributed by atoms with Crippen LogP contribution in [0.15, 0.2) is 21.0 Å². The summed E-state index contributed by atoms with van der Waals surface area (Å²) in [5, 5.41) is 18.2. The number of nitrogens with zero attached hydrogens (tertiary/aromatic N) is 4. The number of aryl methyl sites for hydroxylation is 2. The zero-order valence-corrected chi connectivity index (χ0v) is 14.1. The van der Waals surface area contributed by atoms with Gasteiger partial charge in [-0.3, -0.25) is 9.69 Å². The van der Waals surface area contributed by atoms with Crippen LogP contribution in [-0.2, 0) is 6.54 Å². The van der Waals surface area contributed by atoms with Gasteiger partial charge in [0.05, 0.1) is 18.7 Å².